The van der Waals surface area contributed by atoms with Crippen LogP contribution in [-0.4, -0.2) is 11.0 Å². The summed E-state index contributed by atoms with van der Waals surface area (Å²) in [6, 6.07) is 9.66. The van der Waals surface area contributed by atoms with E-state index in [1.54, 1.807) is 24.3 Å². The second-order valence-corrected chi connectivity index (χ2v) is 1.77. The molecule has 0 amide bonds. The Morgan fingerprint density at radius 2 is 2.00 bits per heavy atom. The molecular formula is C7H7N2OY-. The molecule has 1 aromatic rings. The van der Waals surface area contributed by atoms with Gasteiger partial charge in [-0.3, -0.25) is 0 Å². The molecule has 0 fully saturated rings. The van der Waals surface area contributed by atoms with Crippen molar-refractivity contribution in [1.82, 2.24) is 0 Å². The fourth-order valence-electron chi connectivity index (χ4n) is 0.615. The van der Waals surface area contributed by atoms with Gasteiger partial charge in [0.1, 0.15) is 5.84 Å². The van der Waals surface area contributed by atoms with E-state index in [0.29, 0.717) is 5.56 Å². The summed E-state index contributed by atoms with van der Waals surface area (Å²) in [6.45, 7) is 0. The average molecular weight is 224 g/mol. The summed E-state index contributed by atoms with van der Waals surface area (Å²) in [5.74, 6) is 0.119. The normalized spacial score (nSPS) is 10.4. The Balaban J connectivity index is 0.000001000. The molecule has 4 heteroatoms. The zero-order valence-corrected chi connectivity index (χ0v) is 8.70. The monoisotopic (exact) mass is 224 g/mol. The van der Waals surface area contributed by atoms with Gasteiger partial charge in [0.25, 0.3) is 0 Å². The van der Waals surface area contributed by atoms with Crippen LogP contribution in [0.5, 0.6) is 0 Å². The van der Waals surface area contributed by atoms with Gasteiger partial charge in [0.05, 0.1) is 0 Å². The van der Waals surface area contributed by atoms with E-state index in [9.17, 15) is 0 Å². The maximum absolute atomic E-state index is 8.24. The summed E-state index contributed by atoms with van der Waals surface area (Å²) in [7, 11) is 0. The van der Waals surface area contributed by atoms with Crippen molar-refractivity contribution in [2.24, 2.45) is 10.9 Å². The van der Waals surface area contributed by atoms with Gasteiger partial charge < -0.3 is 10.9 Å². The van der Waals surface area contributed by atoms with Crippen LogP contribution in [0.3, 0.4) is 0 Å². The number of rotatable bonds is 1. The van der Waals surface area contributed by atoms with Gasteiger partial charge in [0.2, 0.25) is 0 Å². The Labute approximate surface area is 90.2 Å². The van der Waals surface area contributed by atoms with Gasteiger partial charge in [-0.15, -0.1) is 0 Å². The topological polar surface area (TPSA) is 58.6 Å². The van der Waals surface area contributed by atoms with Crippen molar-refractivity contribution in [3.05, 3.63) is 35.9 Å². The minimum atomic E-state index is 0. The number of nitrogens with two attached hydrogens (primary N) is 1. The number of nitrogens with zero attached hydrogens (tertiary/aromatic N) is 1. The van der Waals surface area contributed by atoms with Crippen molar-refractivity contribution >= 4 is 5.84 Å². The van der Waals surface area contributed by atoms with Crippen molar-refractivity contribution in [3.63, 3.8) is 0 Å². The van der Waals surface area contributed by atoms with Crippen LogP contribution in [0, 0.1) is 6.07 Å². The summed E-state index contributed by atoms with van der Waals surface area (Å²) in [6.07, 6.45) is 0. The first-order valence-corrected chi connectivity index (χ1v) is 2.78. The third-order valence-corrected chi connectivity index (χ3v) is 1.12. The van der Waals surface area contributed by atoms with E-state index in [-0.39, 0.29) is 38.5 Å². The molecule has 0 saturated heterocycles. The maximum Gasteiger partial charge on any atom is 0.145 e. The Morgan fingerprint density at radius 1 is 1.45 bits per heavy atom. The summed E-state index contributed by atoms with van der Waals surface area (Å²) >= 11 is 0. The molecule has 0 aliphatic rings. The number of oxime groups is 1. The average Bonchev–Trinajstić information content (AvgIpc) is 2.05. The molecule has 0 aromatic heterocycles. The predicted octanol–water partition coefficient (Wildman–Crippen LogP) is 0.579. The molecule has 0 spiro atoms. The fourth-order valence-corrected chi connectivity index (χ4v) is 0.615. The second-order valence-electron chi connectivity index (χ2n) is 1.77. The van der Waals surface area contributed by atoms with Gasteiger partial charge in [0.15, 0.2) is 0 Å². The largest absolute Gasteiger partial charge is 0.409 e. The molecule has 0 aliphatic carbocycles. The predicted molar refractivity (Wildman–Crippen MR) is 37.8 cm³/mol. The van der Waals surface area contributed by atoms with Gasteiger partial charge in [-0.1, -0.05) is 10.7 Å². The van der Waals surface area contributed by atoms with Gasteiger partial charge in [-0.05, 0) is 0 Å². The van der Waals surface area contributed by atoms with E-state index in [4.69, 9.17) is 10.9 Å². The van der Waals surface area contributed by atoms with E-state index in [1.165, 1.54) is 0 Å². The first kappa shape index (κ1) is 10.6. The Bertz CT molecular complexity index is 235. The van der Waals surface area contributed by atoms with E-state index in [1.807, 2.05) is 0 Å². The summed E-state index contributed by atoms with van der Waals surface area (Å²) in [5.41, 5.74) is 5.98. The van der Waals surface area contributed by atoms with E-state index >= 15 is 0 Å². The molecule has 0 unspecified atom stereocenters. The number of hydrogen-bond donors (Lipinski definition) is 2. The van der Waals surface area contributed by atoms with Crippen LogP contribution >= 0.6 is 0 Å². The SMILES string of the molecule is NC(=NO)c1cc[c-]cc1.[Y]. The molecule has 1 radical (unpaired) electrons. The molecule has 0 aliphatic heterocycles. The zero-order chi connectivity index (χ0) is 7.40. The minimum absolute atomic E-state index is 0. The molecule has 55 valence electrons. The minimum Gasteiger partial charge on any atom is -0.409 e. The van der Waals surface area contributed by atoms with Gasteiger partial charge in [-0.2, -0.15) is 30.3 Å². The second kappa shape index (κ2) is 5.27. The van der Waals surface area contributed by atoms with Crippen molar-refractivity contribution < 1.29 is 37.9 Å². The number of amidine groups is 1. The summed E-state index contributed by atoms with van der Waals surface area (Å²) in [5, 5.41) is 11.1. The van der Waals surface area contributed by atoms with E-state index < -0.39 is 0 Å². The Kier molecular flexibility index (Phi) is 5.08. The van der Waals surface area contributed by atoms with E-state index in [0.717, 1.165) is 0 Å². The molecule has 0 atom stereocenters. The van der Waals surface area contributed by atoms with Crippen molar-refractivity contribution in [2.45, 2.75) is 0 Å². The van der Waals surface area contributed by atoms with Crippen LogP contribution in [0.2, 0.25) is 0 Å². The van der Waals surface area contributed by atoms with Gasteiger partial charge in [-0.25, -0.2) is 0 Å². The first-order valence-electron chi connectivity index (χ1n) is 2.78. The smallest absolute Gasteiger partial charge is 0.145 e. The molecule has 1 aromatic carbocycles. The molecule has 0 bridgehead atoms. The van der Waals surface area contributed by atoms with Crippen LogP contribution < -0.4 is 5.73 Å². The summed E-state index contributed by atoms with van der Waals surface area (Å²) in [4.78, 5) is 0. The molecule has 0 heterocycles. The third-order valence-electron chi connectivity index (χ3n) is 1.12. The third kappa shape index (κ3) is 2.99. The van der Waals surface area contributed by atoms with Crippen molar-refractivity contribution in [2.75, 3.05) is 0 Å². The fraction of sp³-hybridized carbons (Fsp3) is 0. The van der Waals surface area contributed by atoms with Crippen LogP contribution in [0.15, 0.2) is 29.4 Å². The molecule has 11 heavy (non-hydrogen) atoms. The van der Waals surface area contributed by atoms with Crippen LogP contribution in [0.1, 0.15) is 5.56 Å². The van der Waals surface area contributed by atoms with E-state index in [2.05, 4.69) is 11.2 Å². The first-order chi connectivity index (χ1) is 4.84. The Hall–Kier alpha value is -0.406. The quantitative estimate of drug-likeness (QED) is 0.241. The maximum atomic E-state index is 8.24. The molecule has 0 saturated carbocycles. The number of hydrogen-bond acceptors (Lipinski definition) is 2. The Morgan fingerprint density at radius 3 is 2.45 bits per heavy atom. The molecule has 3 N–H and O–H groups in total. The zero-order valence-electron chi connectivity index (χ0n) is 5.86. The summed E-state index contributed by atoms with van der Waals surface area (Å²) < 4.78 is 0. The van der Waals surface area contributed by atoms with Crippen molar-refractivity contribution in [1.29, 1.82) is 0 Å². The van der Waals surface area contributed by atoms with Crippen molar-refractivity contribution in [3.8, 4) is 0 Å². The molecule has 1 rings (SSSR count). The molecular weight excluding hydrogens is 217 g/mol. The molecule has 3 nitrogen and oxygen atoms in total. The standard InChI is InChI=1S/C7H7N2O.Y/c8-7(9-10)6-4-2-1-3-5-6;/h2-5,10H,(H2,8,9);/q-1;. The van der Waals surface area contributed by atoms with Crippen LogP contribution in [-0.2, 0) is 32.7 Å². The van der Waals surface area contributed by atoms with Crippen LogP contribution in [0.4, 0.5) is 0 Å². The van der Waals surface area contributed by atoms with Crippen LogP contribution in [0.25, 0.3) is 0 Å². The van der Waals surface area contributed by atoms with Gasteiger partial charge >= 0.3 is 0 Å². The number of benzene rings is 1. The van der Waals surface area contributed by atoms with Gasteiger partial charge in [0, 0.05) is 32.7 Å².